The third-order valence-electron chi connectivity index (χ3n) is 3.25. The van der Waals surface area contributed by atoms with Crippen LogP contribution in [0.4, 0.5) is 0 Å². The van der Waals surface area contributed by atoms with Gasteiger partial charge in [0.15, 0.2) is 0 Å². The van der Waals surface area contributed by atoms with Crippen LogP contribution in [-0.4, -0.2) is 15.4 Å². The standard InChI is InChI=1S/C17H14N2O3S/c1-12-3-2-4-15-18-14(9-16(20)19(12)15)10-22-17(21)6-5-13-7-8-23-11-13/h2-9,11H,10H2,1H3/b6-5+. The molecule has 3 aromatic heterocycles. The predicted octanol–water partition coefficient (Wildman–Crippen LogP) is 2.82. The van der Waals surface area contributed by atoms with Gasteiger partial charge in [-0.2, -0.15) is 11.3 Å². The molecule has 3 heterocycles. The summed E-state index contributed by atoms with van der Waals surface area (Å²) < 4.78 is 6.64. The molecule has 0 aromatic carbocycles. The molecule has 0 saturated heterocycles. The van der Waals surface area contributed by atoms with Crippen LogP contribution in [0.3, 0.4) is 0 Å². The van der Waals surface area contributed by atoms with Gasteiger partial charge in [-0.05, 0) is 47.5 Å². The molecule has 0 radical (unpaired) electrons. The molecule has 116 valence electrons. The number of hydrogen-bond acceptors (Lipinski definition) is 5. The maximum absolute atomic E-state index is 12.1. The van der Waals surface area contributed by atoms with E-state index in [1.54, 1.807) is 23.5 Å². The number of thiophene rings is 1. The topological polar surface area (TPSA) is 60.7 Å². The highest BCUT2D eigenvalue weighted by Crippen LogP contribution is 2.08. The van der Waals surface area contributed by atoms with Crippen LogP contribution in [0, 0.1) is 6.92 Å². The fraction of sp³-hybridized carbons (Fsp3) is 0.118. The lowest BCUT2D eigenvalue weighted by Gasteiger charge is -2.06. The number of pyridine rings is 1. The van der Waals surface area contributed by atoms with E-state index in [-0.39, 0.29) is 12.2 Å². The largest absolute Gasteiger partial charge is 0.456 e. The fourth-order valence-corrected chi connectivity index (χ4v) is 2.79. The Morgan fingerprint density at radius 3 is 3.04 bits per heavy atom. The summed E-state index contributed by atoms with van der Waals surface area (Å²) in [5, 5.41) is 3.86. The summed E-state index contributed by atoms with van der Waals surface area (Å²) in [5.74, 6) is -0.470. The molecular formula is C17H14N2O3S. The van der Waals surface area contributed by atoms with Gasteiger partial charge in [0.2, 0.25) is 0 Å². The van der Waals surface area contributed by atoms with E-state index in [9.17, 15) is 9.59 Å². The quantitative estimate of drug-likeness (QED) is 0.546. The molecule has 3 rings (SSSR count). The van der Waals surface area contributed by atoms with E-state index in [0.29, 0.717) is 11.3 Å². The summed E-state index contributed by atoms with van der Waals surface area (Å²) >= 11 is 1.55. The van der Waals surface area contributed by atoms with Gasteiger partial charge in [-0.15, -0.1) is 0 Å². The number of aryl methyl sites for hydroxylation is 1. The number of fused-ring (bicyclic) bond motifs is 1. The van der Waals surface area contributed by atoms with Crippen LogP contribution in [0.2, 0.25) is 0 Å². The Bertz CT molecular complexity index is 927. The van der Waals surface area contributed by atoms with Crippen molar-refractivity contribution in [2.24, 2.45) is 0 Å². The summed E-state index contributed by atoms with van der Waals surface area (Å²) in [4.78, 5) is 28.2. The van der Waals surface area contributed by atoms with Crippen molar-refractivity contribution in [1.29, 1.82) is 0 Å². The molecule has 0 fully saturated rings. The first-order valence-corrected chi connectivity index (χ1v) is 7.93. The van der Waals surface area contributed by atoms with E-state index in [0.717, 1.165) is 11.3 Å². The molecular weight excluding hydrogens is 312 g/mol. The van der Waals surface area contributed by atoms with Gasteiger partial charge in [0.05, 0.1) is 5.69 Å². The molecule has 0 saturated carbocycles. The van der Waals surface area contributed by atoms with E-state index in [1.165, 1.54) is 16.5 Å². The molecule has 6 heteroatoms. The van der Waals surface area contributed by atoms with E-state index >= 15 is 0 Å². The zero-order valence-electron chi connectivity index (χ0n) is 12.4. The van der Waals surface area contributed by atoms with Crippen molar-refractivity contribution >= 4 is 29.0 Å². The van der Waals surface area contributed by atoms with Gasteiger partial charge in [-0.1, -0.05) is 6.07 Å². The highest BCUT2D eigenvalue weighted by atomic mass is 32.1. The number of nitrogens with zero attached hydrogens (tertiary/aromatic N) is 2. The van der Waals surface area contributed by atoms with Gasteiger partial charge in [-0.3, -0.25) is 9.20 Å². The Kier molecular flexibility index (Phi) is 4.34. The molecule has 0 N–H and O–H groups in total. The molecule has 0 amide bonds. The van der Waals surface area contributed by atoms with Crippen molar-refractivity contribution < 1.29 is 9.53 Å². The first-order valence-electron chi connectivity index (χ1n) is 6.99. The molecule has 23 heavy (non-hydrogen) atoms. The van der Waals surface area contributed by atoms with Gasteiger partial charge < -0.3 is 4.74 Å². The average molecular weight is 326 g/mol. The van der Waals surface area contributed by atoms with E-state index in [2.05, 4.69) is 4.98 Å². The molecule has 0 aliphatic rings. The van der Waals surface area contributed by atoms with Crippen LogP contribution in [0.15, 0.2) is 52.0 Å². The summed E-state index contributed by atoms with van der Waals surface area (Å²) in [6.07, 6.45) is 3.05. The SMILES string of the molecule is Cc1cccc2nc(COC(=O)/C=C/c3ccsc3)cc(=O)n12. The predicted molar refractivity (Wildman–Crippen MR) is 89.3 cm³/mol. The Morgan fingerprint density at radius 2 is 2.26 bits per heavy atom. The zero-order valence-corrected chi connectivity index (χ0v) is 13.2. The number of carbonyl (C=O) groups is 1. The maximum atomic E-state index is 12.1. The van der Waals surface area contributed by atoms with Crippen molar-refractivity contribution in [2.75, 3.05) is 0 Å². The van der Waals surface area contributed by atoms with Gasteiger partial charge >= 0.3 is 5.97 Å². The van der Waals surface area contributed by atoms with Gasteiger partial charge in [0.1, 0.15) is 12.3 Å². The molecule has 3 aromatic rings. The molecule has 0 unspecified atom stereocenters. The highest BCUT2D eigenvalue weighted by molar-refractivity contribution is 7.08. The van der Waals surface area contributed by atoms with Crippen LogP contribution in [0.1, 0.15) is 17.0 Å². The van der Waals surface area contributed by atoms with Gasteiger partial charge in [0, 0.05) is 17.8 Å². The third-order valence-corrected chi connectivity index (χ3v) is 3.95. The smallest absolute Gasteiger partial charge is 0.331 e. The number of ether oxygens (including phenoxy) is 1. The Balaban J connectivity index is 1.72. The summed E-state index contributed by atoms with van der Waals surface area (Å²) in [7, 11) is 0. The highest BCUT2D eigenvalue weighted by Gasteiger charge is 2.06. The lowest BCUT2D eigenvalue weighted by atomic mass is 10.3. The van der Waals surface area contributed by atoms with Crippen molar-refractivity contribution in [1.82, 2.24) is 9.38 Å². The summed E-state index contributed by atoms with van der Waals surface area (Å²) in [5.41, 5.74) is 2.54. The first-order chi connectivity index (χ1) is 11.1. The van der Waals surface area contributed by atoms with Crippen LogP contribution < -0.4 is 5.56 Å². The van der Waals surface area contributed by atoms with E-state index in [1.807, 2.05) is 35.9 Å². The van der Waals surface area contributed by atoms with E-state index in [4.69, 9.17) is 4.74 Å². The van der Waals surface area contributed by atoms with Gasteiger partial charge in [0.25, 0.3) is 5.56 Å². The number of aromatic nitrogens is 2. The zero-order chi connectivity index (χ0) is 16.2. The van der Waals surface area contributed by atoms with Crippen LogP contribution in [-0.2, 0) is 16.1 Å². The molecule has 0 spiro atoms. The second-order valence-electron chi connectivity index (χ2n) is 4.94. The molecule has 0 aliphatic heterocycles. The Hall–Kier alpha value is -2.73. The van der Waals surface area contributed by atoms with Crippen LogP contribution in [0.25, 0.3) is 11.7 Å². The molecule has 0 bridgehead atoms. The van der Waals surface area contributed by atoms with Gasteiger partial charge in [-0.25, -0.2) is 9.78 Å². The Morgan fingerprint density at radius 1 is 1.39 bits per heavy atom. The minimum atomic E-state index is -0.470. The minimum absolute atomic E-state index is 0.0352. The normalized spacial score (nSPS) is 11.2. The molecule has 5 nitrogen and oxygen atoms in total. The second kappa shape index (κ2) is 6.58. The number of rotatable bonds is 4. The monoisotopic (exact) mass is 326 g/mol. The van der Waals surface area contributed by atoms with Crippen molar-refractivity contribution in [3.63, 3.8) is 0 Å². The number of hydrogen-bond donors (Lipinski definition) is 0. The lowest BCUT2D eigenvalue weighted by molar-refractivity contribution is -0.139. The maximum Gasteiger partial charge on any atom is 0.331 e. The second-order valence-corrected chi connectivity index (χ2v) is 5.72. The molecule has 0 atom stereocenters. The first kappa shape index (κ1) is 15.2. The number of carbonyl (C=O) groups excluding carboxylic acids is 1. The Labute approximate surface area is 136 Å². The van der Waals surface area contributed by atoms with Crippen LogP contribution >= 0.6 is 11.3 Å². The molecule has 0 aliphatic carbocycles. The lowest BCUT2D eigenvalue weighted by Crippen LogP contribution is -2.18. The summed E-state index contributed by atoms with van der Waals surface area (Å²) in [6, 6.07) is 8.70. The fourth-order valence-electron chi connectivity index (χ4n) is 2.16. The van der Waals surface area contributed by atoms with Crippen molar-refractivity contribution in [3.8, 4) is 0 Å². The average Bonchev–Trinajstić information content (AvgIpc) is 3.04. The van der Waals surface area contributed by atoms with Crippen LogP contribution in [0.5, 0.6) is 0 Å². The van der Waals surface area contributed by atoms with Crippen molar-refractivity contribution in [2.45, 2.75) is 13.5 Å². The third kappa shape index (κ3) is 3.54. The number of esters is 1. The van der Waals surface area contributed by atoms with E-state index < -0.39 is 5.97 Å². The summed E-state index contributed by atoms with van der Waals surface area (Å²) in [6.45, 7) is 1.80. The minimum Gasteiger partial charge on any atom is -0.456 e. The van der Waals surface area contributed by atoms with Crippen molar-refractivity contribution in [3.05, 3.63) is 74.5 Å².